The fourth-order valence-electron chi connectivity index (χ4n) is 15.4. The molecule has 5 aliphatic rings. The molecule has 1 N–H and O–H groups in total. The van der Waals surface area contributed by atoms with Gasteiger partial charge in [-0.2, -0.15) is 21.6 Å². The summed E-state index contributed by atoms with van der Waals surface area (Å²) in [4.78, 5) is 0.0975. The van der Waals surface area contributed by atoms with E-state index in [-0.39, 0.29) is 61.2 Å². The Labute approximate surface area is 703 Å². The zero-order valence-corrected chi connectivity index (χ0v) is 84.9. The molecule has 0 spiro atoms. The minimum absolute atomic E-state index is 0.0305. The molecule has 0 aromatic heterocycles. The normalized spacial score (nSPS) is 28.8. The van der Waals surface area contributed by atoms with Crippen LogP contribution in [0, 0.1) is 11.8 Å². The van der Waals surface area contributed by atoms with Crippen LogP contribution in [0.4, 0.5) is 13.2 Å². The van der Waals surface area contributed by atoms with E-state index in [4.69, 9.17) is 55.0 Å². The Hall–Kier alpha value is -0.299. The van der Waals surface area contributed by atoms with Crippen LogP contribution in [0.15, 0.2) is 59.7 Å². The second-order valence-electron chi connectivity index (χ2n) is 41.2. The van der Waals surface area contributed by atoms with E-state index in [0.717, 1.165) is 31.0 Å². The average Bonchev–Trinajstić information content (AvgIpc) is 1.73. The third-order valence-electron chi connectivity index (χ3n) is 28.0. The molecule has 0 bridgehead atoms. The van der Waals surface area contributed by atoms with Gasteiger partial charge >= 0.3 is 15.6 Å². The minimum atomic E-state index is -5.85. The number of benzene rings is 1. The first-order valence-electron chi connectivity index (χ1n) is 42.2. The third kappa shape index (κ3) is 25.0. The lowest BCUT2D eigenvalue weighted by atomic mass is 9.84. The van der Waals surface area contributed by atoms with Crippen molar-refractivity contribution >= 4 is 92.5 Å². The number of hydrogen-bond donors (Lipinski definition) is 1. The van der Waals surface area contributed by atoms with Crippen LogP contribution in [0.2, 0.25) is 109 Å². The number of methoxy groups -OCH3 is 1. The smallest absolute Gasteiger partial charge is 0.417 e. The van der Waals surface area contributed by atoms with Gasteiger partial charge in [-0.3, -0.25) is 0 Å². The molecule has 3 unspecified atom stereocenters. The number of sulfone groups is 1. The highest BCUT2D eigenvalue weighted by atomic mass is 127. The summed E-state index contributed by atoms with van der Waals surface area (Å²) >= 11 is 2.33. The summed E-state index contributed by atoms with van der Waals surface area (Å²) in [6.45, 7) is 68.5. The Morgan fingerprint density at radius 1 is 0.646 bits per heavy atom. The number of aliphatic hydroxyl groups excluding tert-OH is 1. The molecule has 0 radical (unpaired) electrons. The fraction of sp³-hybridized carbons (Fsp3) is 0.880. The highest BCUT2D eigenvalue weighted by molar-refractivity contribution is 14.1. The van der Waals surface area contributed by atoms with Crippen molar-refractivity contribution in [2.45, 2.75) is 430 Å². The van der Waals surface area contributed by atoms with E-state index in [2.05, 4.69) is 236 Å². The number of halogens is 4. The number of fused-ring (bicyclic) bond motifs is 2. The molecule has 5 saturated heterocycles. The molecule has 1 aromatic carbocycles. The summed E-state index contributed by atoms with van der Waals surface area (Å²) in [6, 6.07) is 11.3. The topological polar surface area (TPSA) is 208 Å². The van der Waals surface area contributed by atoms with Crippen LogP contribution >= 0.6 is 22.6 Å². The van der Waals surface area contributed by atoms with Crippen molar-refractivity contribution in [2.75, 3.05) is 24.8 Å². The molecular weight excluding hydrogens is 1700 g/mol. The van der Waals surface area contributed by atoms with Gasteiger partial charge < -0.3 is 64.3 Å². The molecule has 1 aromatic rings. The summed E-state index contributed by atoms with van der Waals surface area (Å²) < 4.78 is 189. The molecule has 5 heterocycles. The number of ether oxygens (including phenoxy) is 6. The average molecular weight is 1860 g/mol. The van der Waals surface area contributed by atoms with Crippen LogP contribution in [0.3, 0.4) is 0 Å². The summed E-state index contributed by atoms with van der Waals surface area (Å²) in [5.41, 5.74) is -6.19. The minimum Gasteiger partial charge on any atom is -0.417 e. The predicted octanol–water partition coefficient (Wildman–Crippen LogP) is 21.3. The second kappa shape index (κ2) is 38.9. The molecule has 0 aliphatic carbocycles. The van der Waals surface area contributed by atoms with Gasteiger partial charge in [-0.1, -0.05) is 191 Å². The monoisotopic (exact) mass is 1850 g/mol. The number of allylic oxidation sites excluding steroid dienone is 2. The SMILES string of the molecule is C=C(OS(=O)(=O)C(F)(F)F)[C@H](C)C[C@H]1CC[C@@H]2O[C@@H](CCC/C=C/[C@H](O[Si](C)(C)C(C)(C)C)[C@@H]3O[C@H]4CC[C@H](CC(O)C(C5[C@H](CCO[Si](CC)(CC)CC)O[C@H](C[C@@H](CO[Si](C)(C)C(C)(C)C)O[Si](C)(C)C(C)(C)C)[C@@H]5OC)S(=O)(=O)c5ccccc5)O[C@@H]4[C@H](O[Si](C)(C)C(C)(C)C)[C@@H]3O[Si](C)(C)C(C)(C)C)C[C@]2(CI)O1. The molecule has 18 nitrogen and oxygen atoms in total. The Morgan fingerprint density at radius 3 is 1.71 bits per heavy atom. The highest BCUT2D eigenvalue weighted by Crippen LogP contribution is 2.52. The van der Waals surface area contributed by atoms with Crippen molar-refractivity contribution in [1.82, 2.24) is 0 Å². The van der Waals surface area contributed by atoms with Gasteiger partial charge in [0.1, 0.15) is 35.8 Å². The van der Waals surface area contributed by atoms with Gasteiger partial charge in [-0.25, -0.2) is 8.42 Å². The predicted molar refractivity (Wildman–Crippen MR) is 472 cm³/mol. The number of rotatable bonds is 39. The zero-order valence-electron chi connectivity index (χ0n) is 75.1. The molecule has 0 amide bonds. The van der Waals surface area contributed by atoms with E-state index < -0.39 is 177 Å². The summed E-state index contributed by atoms with van der Waals surface area (Å²) in [5.74, 6) is -2.08. The molecule has 5 fully saturated rings. The molecule has 0 saturated carbocycles. The number of hydrogen-bond acceptors (Lipinski definition) is 18. The third-order valence-corrected chi connectivity index (χ3v) is 59.7. The molecule has 5 aliphatic heterocycles. The molecule has 6 rings (SSSR count). The number of aliphatic hydroxyl groups is 1. The molecular formula is C83H154F3IO18S2Si6. The maximum atomic E-state index is 16.2. The standard InChI is InChI=1S/C83H154F3IO18S2Si6/c1-32-113(33-2,34-3)94-50-49-65-70(71(93-21)68(98-65)53-62(102-109(24,25)78(9,10)11)55-95-108(22,23)77(6,7)8)76(106(89,90)63-42-38-36-39-43-63)64(88)52-59-45-47-66-72(97-59)74(104-111(28,29)80(15,16)17)75(105-112(30,31)81(18,19)20)73(99-66)67(103-110(26,27)79(12,13)14)44-40-35-37-41-61-54-82(56-87)69(96-61)48-46-60(100-82)51-57(4)58(5)101-107(91,92)83(84,85)86/h36,38-40,42-44,57,59-62,64-76,88H,5,32-35,37,41,45-56H2,1-4,6-31H3/b44-40+/t57-,59-,60-,61+,62+,64?,65+,66+,67+,68-,69+,70?,71+,72+,73+,74+,75-,76?,82-/m1/s1. The van der Waals surface area contributed by atoms with Crippen molar-refractivity contribution < 1.29 is 94.3 Å². The van der Waals surface area contributed by atoms with E-state index in [0.29, 0.717) is 69.0 Å². The maximum Gasteiger partial charge on any atom is 0.534 e. The Morgan fingerprint density at radius 2 is 1.19 bits per heavy atom. The molecule has 19 atom stereocenters. The van der Waals surface area contributed by atoms with Gasteiger partial charge in [-0.05, 0) is 179 Å². The van der Waals surface area contributed by atoms with Crippen molar-refractivity contribution in [3.63, 3.8) is 0 Å². The van der Waals surface area contributed by atoms with Gasteiger partial charge in [0.05, 0.1) is 83.9 Å². The Bertz CT molecular complexity index is 3440. The van der Waals surface area contributed by atoms with Crippen LogP contribution in [0.1, 0.15) is 209 Å². The molecule has 658 valence electrons. The van der Waals surface area contributed by atoms with Crippen molar-refractivity contribution in [1.29, 1.82) is 0 Å². The summed E-state index contributed by atoms with van der Waals surface area (Å²) in [6.07, 6.45) is 1.15. The number of alkyl halides is 4. The largest absolute Gasteiger partial charge is 0.534 e. The van der Waals surface area contributed by atoms with Crippen LogP contribution < -0.4 is 0 Å². The van der Waals surface area contributed by atoms with Crippen molar-refractivity contribution in [3.05, 3.63) is 54.8 Å². The van der Waals surface area contributed by atoms with Crippen LogP contribution in [-0.2, 0) is 79.1 Å². The van der Waals surface area contributed by atoms with Gasteiger partial charge in [0.25, 0.3) is 0 Å². The number of unbranched alkanes of at least 4 members (excludes halogenated alkanes) is 1. The molecule has 30 heteroatoms. The lowest BCUT2D eigenvalue weighted by Gasteiger charge is -2.56. The van der Waals surface area contributed by atoms with E-state index in [1.54, 1.807) is 44.4 Å². The van der Waals surface area contributed by atoms with E-state index in [1.165, 1.54) is 0 Å². The quantitative estimate of drug-likeness (QED) is 0.00950. The van der Waals surface area contributed by atoms with E-state index in [1.807, 2.05) is 0 Å². The van der Waals surface area contributed by atoms with Crippen molar-refractivity contribution in [2.24, 2.45) is 11.8 Å². The Balaban J connectivity index is 1.40. The fourth-order valence-corrected chi connectivity index (χ4v) is 27.9. The van der Waals surface area contributed by atoms with Crippen LogP contribution in [-0.4, -0.2) is 205 Å². The van der Waals surface area contributed by atoms with E-state index >= 15 is 8.42 Å². The summed E-state index contributed by atoms with van der Waals surface area (Å²) in [7, 11) is -23.6. The maximum absolute atomic E-state index is 16.2. The van der Waals surface area contributed by atoms with Crippen LogP contribution in [0.25, 0.3) is 0 Å². The van der Waals surface area contributed by atoms with Gasteiger partial charge in [-0.15, -0.1) is 0 Å². The Kier molecular flexibility index (Phi) is 34.9. The second-order valence-corrected chi connectivity index (χ2v) is 74.2. The van der Waals surface area contributed by atoms with Crippen LogP contribution in [0.5, 0.6) is 0 Å². The van der Waals surface area contributed by atoms with E-state index in [9.17, 15) is 26.7 Å². The first-order chi connectivity index (χ1) is 51.5. The highest BCUT2D eigenvalue weighted by Gasteiger charge is 2.61. The van der Waals surface area contributed by atoms with Gasteiger partial charge in [0, 0.05) is 49.2 Å². The van der Waals surface area contributed by atoms with Gasteiger partial charge in [0.2, 0.25) is 0 Å². The zero-order chi connectivity index (χ0) is 85.9. The lowest BCUT2D eigenvalue weighted by Crippen LogP contribution is -2.69. The molecule has 113 heavy (non-hydrogen) atoms. The van der Waals surface area contributed by atoms with Crippen molar-refractivity contribution in [3.8, 4) is 0 Å². The van der Waals surface area contributed by atoms with Gasteiger partial charge in [0.15, 0.2) is 59.7 Å². The first kappa shape index (κ1) is 102. The first-order valence-corrected chi connectivity index (χ1v) is 63.7. The lowest BCUT2D eigenvalue weighted by molar-refractivity contribution is -0.268. The summed E-state index contributed by atoms with van der Waals surface area (Å²) in [5, 5.41) is 11.3.